The zero-order chi connectivity index (χ0) is 19.3. The summed E-state index contributed by atoms with van der Waals surface area (Å²) in [6.07, 6.45) is 0. The van der Waals surface area contributed by atoms with Crippen LogP contribution in [0.2, 0.25) is 5.02 Å². The van der Waals surface area contributed by atoms with Gasteiger partial charge >= 0.3 is 0 Å². The highest BCUT2D eigenvalue weighted by Gasteiger charge is 2.13. The maximum Gasteiger partial charge on any atom is 0.262 e. The number of ether oxygens (including phenoxy) is 2. The lowest BCUT2D eigenvalue weighted by atomic mass is 10.2. The zero-order valence-corrected chi connectivity index (χ0v) is 16.0. The molecule has 1 saturated heterocycles. The van der Waals surface area contributed by atoms with Gasteiger partial charge in [0, 0.05) is 29.2 Å². The van der Waals surface area contributed by atoms with Gasteiger partial charge < -0.3 is 19.7 Å². The number of morpholine rings is 1. The van der Waals surface area contributed by atoms with E-state index in [9.17, 15) is 4.79 Å². The van der Waals surface area contributed by atoms with Crippen molar-refractivity contribution in [1.82, 2.24) is 4.98 Å². The molecule has 0 atom stereocenters. The Balaban J connectivity index is 1.39. The molecule has 1 aliphatic heterocycles. The van der Waals surface area contributed by atoms with E-state index in [1.165, 1.54) is 0 Å². The Morgan fingerprint density at radius 1 is 1.11 bits per heavy atom. The molecule has 144 valence electrons. The van der Waals surface area contributed by atoms with Crippen LogP contribution in [0, 0.1) is 0 Å². The van der Waals surface area contributed by atoms with Crippen molar-refractivity contribution < 1.29 is 14.3 Å². The third kappa shape index (κ3) is 4.52. The number of hydrogen-bond donors (Lipinski definition) is 1. The molecule has 3 aromatic rings. The standard InChI is InChI=1S/C21H20ClN3O3/c22-16-2-5-18(6-3-16)28-14-21(26)23-17-4-7-19-15(13-17)1-8-20(24-19)25-9-11-27-12-10-25/h1-8,13H,9-12,14H2,(H,23,26). The van der Waals surface area contributed by atoms with Crippen molar-refractivity contribution in [2.75, 3.05) is 43.1 Å². The minimum absolute atomic E-state index is 0.0755. The van der Waals surface area contributed by atoms with Crippen LogP contribution in [0.25, 0.3) is 10.9 Å². The van der Waals surface area contributed by atoms with Gasteiger partial charge in [0.25, 0.3) is 5.91 Å². The Hall–Kier alpha value is -2.83. The first-order valence-electron chi connectivity index (χ1n) is 9.09. The molecule has 7 heteroatoms. The molecule has 1 fully saturated rings. The van der Waals surface area contributed by atoms with Crippen LogP contribution >= 0.6 is 11.6 Å². The normalized spacial score (nSPS) is 14.1. The van der Waals surface area contributed by atoms with Gasteiger partial charge in [-0.3, -0.25) is 4.79 Å². The molecule has 2 aromatic carbocycles. The summed E-state index contributed by atoms with van der Waals surface area (Å²) in [5.74, 6) is 1.31. The molecule has 0 bridgehead atoms. The van der Waals surface area contributed by atoms with Gasteiger partial charge in [0.05, 0.1) is 18.7 Å². The third-order valence-corrected chi connectivity index (χ3v) is 4.73. The van der Waals surface area contributed by atoms with Gasteiger partial charge in [0.15, 0.2) is 6.61 Å². The van der Waals surface area contributed by atoms with Crippen molar-refractivity contribution in [1.29, 1.82) is 0 Å². The van der Waals surface area contributed by atoms with Gasteiger partial charge in [0.2, 0.25) is 0 Å². The molecule has 1 amide bonds. The summed E-state index contributed by atoms with van der Waals surface area (Å²) in [4.78, 5) is 19.1. The van der Waals surface area contributed by atoms with Gasteiger partial charge in [-0.15, -0.1) is 0 Å². The zero-order valence-electron chi connectivity index (χ0n) is 15.2. The number of aromatic nitrogens is 1. The molecule has 28 heavy (non-hydrogen) atoms. The van der Waals surface area contributed by atoms with E-state index in [0.717, 1.165) is 43.0 Å². The monoisotopic (exact) mass is 397 g/mol. The molecule has 2 heterocycles. The highest BCUT2D eigenvalue weighted by atomic mass is 35.5. The largest absolute Gasteiger partial charge is 0.484 e. The smallest absolute Gasteiger partial charge is 0.262 e. The molecule has 1 N–H and O–H groups in total. The van der Waals surface area contributed by atoms with Crippen LogP contribution < -0.4 is 15.0 Å². The molecule has 0 aliphatic carbocycles. The van der Waals surface area contributed by atoms with E-state index in [-0.39, 0.29) is 12.5 Å². The van der Waals surface area contributed by atoms with Gasteiger partial charge in [0.1, 0.15) is 11.6 Å². The fraction of sp³-hybridized carbons (Fsp3) is 0.238. The van der Waals surface area contributed by atoms with E-state index in [1.54, 1.807) is 24.3 Å². The summed E-state index contributed by atoms with van der Waals surface area (Å²) in [7, 11) is 0. The summed E-state index contributed by atoms with van der Waals surface area (Å²) < 4.78 is 10.9. The summed E-state index contributed by atoms with van der Waals surface area (Å²) >= 11 is 5.84. The van der Waals surface area contributed by atoms with E-state index in [0.29, 0.717) is 16.5 Å². The Labute approximate surface area is 168 Å². The molecule has 1 aromatic heterocycles. The predicted molar refractivity (Wildman–Crippen MR) is 110 cm³/mol. The quantitative estimate of drug-likeness (QED) is 0.710. The predicted octanol–water partition coefficient (Wildman–Crippen LogP) is 3.74. The third-order valence-electron chi connectivity index (χ3n) is 4.48. The number of anilines is 2. The number of carbonyl (C=O) groups excluding carboxylic acids is 1. The fourth-order valence-corrected chi connectivity index (χ4v) is 3.16. The average molecular weight is 398 g/mol. The van der Waals surface area contributed by atoms with Crippen LogP contribution in [0.15, 0.2) is 54.6 Å². The second-order valence-electron chi connectivity index (χ2n) is 6.47. The number of carbonyl (C=O) groups is 1. The van der Waals surface area contributed by atoms with Crippen LogP contribution in [-0.4, -0.2) is 43.8 Å². The molecule has 0 radical (unpaired) electrons. The number of pyridine rings is 1. The van der Waals surface area contributed by atoms with Crippen molar-refractivity contribution in [2.24, 2.45) is 0 Å². The van der Waals surface area contributed by atoms with Crippen LogP contribution in [0.5, 0.6) is 5.75 Å². The maximum atomic E-state index is 12.2. The van der Waals surface area contributed by atoms with E-state index < -0.39 is 0 Å². The van der Waals surface area contributed by atoms with E-state index in [2.05, 4.69) is 10.2 Å². The van der Waals surface area contributed by atoms with E-state index >= 15 is 0 Å². The molecule has 1 aliphatic rings. The summed E-state index contributed by atoms with van der Waals surface area (Å²) in [6.45, 7) is 3.07. The van der Waals surface area contributed by atoms with Crippen LogP contribution in [0.4, 0.5) is 11.5 Å². The van der Waals surface area contributed by atoms with Gasteiger partial charge in [-0.1, -0.05) is 11.6 Å². The summed E-state index contributed by atoms with van der Waals surface area (Å²) in [6, 6.07) is 16.6. The minimum atomic E-state index is -0.229. The number of rotatable bonds is 5. The number of halogens is 1. The summed E-state index contributed by atoms with van der Waals surface area (Å²) in [5, 5.41) is 4.44. The molecular weight excluding hydrogens is 378 g/mol. The van der Waals surface area contributed by atoms with Gasteiger partial charge in [-0.25, -0.2) is 4.98 Å². The Morgan fingerprint density at radius 3 is 2.68 bits per heavy atom. The second kappa shape index (κ2) is 8.46. The number of amides is 1. The number of benzene rings is 2. The van der Waals surface area contributed by atoms with Crippen LogP contribution in [0.3, 0.4) is 0 Å². The Bertz CT molecular complexity index is 972. The van der Waals surface area contributed by atoms with Crippen molar-refractivity contribution in [2.45, 2.75) is 0 Å². The summed E-state index contributed by atoms with van der Waals surface area (Å²) in [5.41, 5.74) is 1.59. The molecule has 0 unspecified atom stereocenters. The Kier molecular flexibility index (Phi) is 5.60. The van der Waals surface area contributed by atoms with E-state index in [1.807, 2.05) is 30.3 Å². The SMILES string of the molecule is O=C(COc1ccc(Cl)cc1)Nc1ccc2nc(N3CCOCC3)ccc2c1. The number of fused-ring (bicyclic) bond motifs is 1. The topological polar surface area (TPSA) is 63.7 Å². The molecular formula is C21H20ClN3O3. The first kappa shape index (κ1) is 18.5. The molecule has 0 saturated carbocycles. The van der Waals surface area contributed by atoms with Gasteiger partial charge in [-0.05, 0) is 54.6 Å². The first-order chi connectivity index (χ1) is 13.7. The first-order valence-corrected chi connectivity index (χ1v) is 9.47. The second-order valence-corrected chi connectivity index (χ2v) is 6.90. The molecule has 0 spiro atoms. The lowest BCUT2D eigenvalue weighted by Gasteiger charge is -2.27. The number of nitrogens with one attached hydrogen (secondary N) is 1. The molecule has 6 nitrogen and oxygen atoms in total. The maximum absolute atomic E-state index is 12.2. The number of nitrogens with zero attached hydrogens (tertiary/aromatic N) is 2. The van der Waals surface area contributed by atoms with Crippen molar-refractivity contribution >= 4 is 39.9 Å². The Morgan fingerprint density at radius 2 is 1.89 bits per heavy atom. The fourth-order valence-electron chi connectivity index (χ4n) is 3.04. The van der Waals surface area contributed by atoms with Crippen molar-refractivity contribution in [3.05, 3.63) is 59.6 Å². The lowest BCUT2D eigenvalue weighted by Crippen LogP contribution is -2.36. The van der Waals surface area contributed by atoms with E-state index in [4.69, 9.17) is 26.1 Å². The van der Waals surface area contributed by atoms with Crippen molar-refractivity contribution in [3.63, 3.8) is 0 Å². The van der Waals surface area contributed by atoms with Gasteiger partial charge in [-0.2, -0.15) is 0 Å². The highest BCUT2D eigenvalue weighted by molar-refractivity contribution is 6.30. The van der Waals surface area contributed by atoms with Crippen molar-refractivity contribution in [3.8, 4) is 5.75 Å². The molecule has 4 rings (SSSR count). The van der Waals surface area contributed by atoms with Crippen LogP contribution in [0.1, 0.15) is 0 Å². The van der Waals surface area contributed by atoms with Crippen LogP contribution in [-0.2, 0) is 9.53 Å². The highest BCUT2D eigenvalue weighted by Crippen LogP contribution is 2.22. The number of hydrogen-bond acceptors (Lipinski definition) is 5. The minimum Gasteiger partial charge on any atom is -0.484 e. The average Bonchev–Trinajstić information content (AvgIpc) is 2.73. The lowest BCUT2D eigenvalue weighted by molar-refractivity contribution is -0.118.